The van der Waals surface area contributed by atoms with E-state index in [9.17, 15) is 13.8 Å². The number of piperidine rings is 2. The van der Waals surface area contributed by atoms with Gasteiger partial charge in [-0.2, -0.15) is 0 Å². The maximum atomic E-state index is 13.5. The lowest BCUT2D eigenvalue weighted by Gasteiger charge is -2.39. The van der Waals surface area contributed by atoms with Crippen molar-refractivity contribution < 1.29 is 13.8 Å². The van der Waals surface area contributed by atoms with Gasteiger partial charge in [-0.15, -0.1) is 0 Å². The highest BCUT2D eigenvalue weighted by Gasteiger charge is 2.40. The minimum absolute atomic E-state index is 0.0553. The average Bonchev–Trinajstić information content (AvgIpc) is 3.70. The van der Waals surface area contributed by atoms with Crippen LogP contribution in [0.3, 0.4) is 0 Å². The van der Waals surface area contributed by atoms with Crippen molar-refractivity contribution in [1.82, 2.24) is 34.7 Å². The van der Waals surface area contributed by atoms with E-state index in [-0.39, 0.29) is 33.9 Å². The van der Waals surface area contributed by atoms with E-state index in [4.69, 9.17) is 23.1 Å². The first-order chi connectivity index (χ1) is 20.7. The number of anilines is 2. The number of nitrogens with two attached hydrogens (primary N) is 2. The van der Waals surface area contributed by atoms with E-state index in [0.29, 0.717) is 54.9 Å². The van der Waals surface area contributed by atoms with E-state index >= 15 is 0 Å². The first-order valence-electron chi connectivity index (χ1n) is 14.7. The maximum Gasteiger partial charge on any atom is 0.280 e. The summed E-state index contributed by atoms with van der Waals surface area (Å²) in [6.45, 7) is 5.46. The number of hydrogen-bond acceptors (Lipinski definition) is 10. The molecule has 0 aliphatic carbocycles. The highest BCUT2D eigenvalue weighted by molar-refractivity contribution is 7.82. The van der Waals surface area contributed by atoms with Gasteiger partial charge in [0.05, 0.1) is 17.0 Å². The molecule has 1 aromatic heterocycles. The second kappa shape index (κ2) is 12.3. The zero-order valence-corrected chi connectivity index (χ0v) is 25.5. The molecule has 2 amide bonds. The van der Waals surface area contributed by atoms with Gasteiger partial charge in [-0.3, -0.25) is 19.9 Å². The Balaban J connectivity index is 1.01. The summed E-state index contributed by atoms with van der Waals surface area (Å²) in [5.74, 6) is -0.562. The minimum Gasteiger partial charge on any atom is -0.382 e. The first kappa shape index (κ1) is 29.7. The van der Waals surface area contributed by atoms with E-state index < -0.39 is 16.9 Å². The molecule has 3 fully saturated rings. The normalized spacial score (nSPS) is 21.9. The van der Waals surface area contributed by atoms with Gasteiger partial charge >= 0.3 is 0 Å². The van der Waals surface area contributed by atoms with E-state index in [0.717, 1.165) is 25.9 Å². The number of halogens is 1. The van der Waals surface area contributed by atoms with E-state index in [1.807, 2.05) is 21.3 Å². The number of nitrogens with one attached hydrogen (secondary N) is 2. The molecule has 4 aliphatic rings. The third-order valence-electron chi connectivity index (χ3n) is 8.88. The standard InChI is InChI=1S/C28H37ClN10O3S/c29-22-24(31)34-23(30)21(33-22)25(40)35-27-32-17-28(36-27)8-14-38(15-9-28)26(41)18-4-3-5-20(16-18)43(42)39-12-6-19(7-13-39)37-10-1-2-11-37/h3-5,16,19H,1-2,6-15,17H2,(H4,30,31,34)(H2,32,35,36,40). The molecule has 6 N–H and O–H groups in total. The quantitative estimate of drug-likeness (QED) is 0.380. The van der Waals surface area contributed by atoms with Crippen LogP contribution >= 0.6 is 11.6 Å². The molecule has 43 heavy (non-hydrogen) atoms. The number of benzene rings is 1. The van der Waals surface area contributed by atoms with Gasteiger partial charge in [-0.1, -0.05) is 17.7 Å². The highest BCUT2D eigenvalue weighted by atomic mass is 35.5. The lowest BCUT2D eigenvalue weighted by Crippen LogP contribution is -2.57. The van der Waals surface area contributed by atoms with Crippen LogP contribution in [0, 0.1) is 0 Å². The van der Waals surface area contributed by atoms with Crippen molar-refractivity contribution >= 4 is 52.0 Å². The molecule has 2 aromatic rings. The molecule has 230 valence electrons. The number of rotatable bonds is 5. The number of carbonyl (C=O) groups is 2. The lowest BCUT2D eigenvalue weighted by molar-refractivity contribution is 0.0668. The average molecular weight is 629 g/mol. The Kier molecular flexibility index (Phi) is 8.54. The van der Waals surface area contributed by atoms with Gasteiger partial charge in [0.2, 0.25) is 0 Å². The number of nitrogens with zero attached hydrogens (tertiary/aromatic N) is 6. The van der Waals surface area contributed by atoms with Crippen LogP contribution < -0.4 is 22.1 Å². The van der Waals surface area contributed by atoms with Crippen molar-refractivity contribution in [2.24, 2.45) is 4.99 Å². The number of carbonyl (C=O) groups excluding carboxylic acids is 2. The first-order valence-corrected chi connectivity index (χ1v) is 16.2. The predicted molar refractivity (Wildman–Crippen MR) is 165 cm³/mol. The molecule has 0 radical (unpaired) electrons. The third-order valence-corrected chi connectivity index (χ3v) is 10.7. The maximum absolute atomic E-state index is 13.5. The number of aromatic nitrogens is 2. The summed E-state index contributed by atoms with van der Waals surface area (Å²) >= 11 is 5.90. The summed E-state index contributed by atoms with van der Waals surface area (Å²) in [6.07, 6.45) is 5.91. The van der Waals surface area contributed by atoms with Gasteiger partial charge in [0.1, 0.15) is 11.0 Å². The third kappa shape index (κ3) is 6.33. The van der Waals surface area contributed by atoms with Crippen molar-refractivity contribution in [2.75, 3.05) is 57.3 Å². The van der Waals surface area contributed by atoms with Crippen LogP contribution in [0.1, 0.15) is 59.4 Å². The summed E-state index contributed by atoms with van der Waals surface area (Å²) in [7, 11) is -1.30. The van der Waals surface area contributed by atoms with Gasteiger partial charge in [-0.25, -0.2) is 18.5 Å². The molecule has 1 aromatic carbocycles. The molecular weight excluding hydrogens is 592 g/mol. The van der Waals surface area contributed by atoms with Gasteiger partial charge < -0.3 is 26.6 Å². The SMILES string of the molecule is Nc1nc(N)c(C(=O)NC2=NCC3(CCN(C(=O)c4cccc(S(=O)N5CCC(N6CCCC6)CC5)c4)CC3)N2)nc1Cl. The van der Waals surface area contributed by atoms with Gasteiger partial charge in [0, 0.05) is 37.8 Å². The fourth-order valence-corrected chi connectivity index (χ4v) is 7.77. The smallest absolute Gasteiger partial charge is 0.280 e. The fraction of sp³-hybridized carbons (Fsp3) is 0.536. The number of likely N-dealkylation sites (tertiary alicyclic amines) is 2. The number of hydrogen-bond donors (Lipinski definition) is 4. The van der Waals surface area contributed by atoms with Crippen LogP contribution in [-0.4, -0.2) is 103 Å². The molecule has 0 saturated carbocycles. The molecule has 3 saturated heterocycles. The van der Waals surface area contributed by atoms with Crippen molar-refractivity contribution in [3.8, 4) is 0 Å². The Hall–Kier alpha value is -3.33. The van der Waals surface area contributed by atoms with Crippen molar-refractivity contribution in [3.05, 3.63) is 40.7 Å². The van der Waals surface area contributed by atoms with Gasteiger partial charge in [-0.05, 0) is 69.8 Å². The van der Waals surface area contributed by atoms with Crippen molar-refractivity contribution in [1.29, 1.82) is 0 Å². The second-order valence-electron chi connectivity index (χ2n) is 11.6. The van der Waals surface area contributed by atoms with E-state index in [2.05, 4.69) is 30.5 Å². The Labute approximate surface area is 258 Å². The molecule has 6 rings (SSSR count). The number of nitrogen functional groups attached to an aromatic ring is 2. The summed E-state index contributed by atoms with van der Waals surface area (Å²) in [5.41, 5.74) is 11.4. The molecule has 5 heterocycles. The van der Waals surface area contributed by atoms with Gasteiger partial charge in [0.15, 0.2) is 28.4 Å². The zero-order valence-electron chi connectivity index (χ0n) is 23.9. The number of guanidine groups is 1. The second-order valence-corrected chi connectivity index (χ2v) is 13.5. The van der Waals surface area contributed by atoms with Crippen LogP contribution in [-0.2, 0) is 11.0 Å². The predicted octanol–water partition coefficient (Wildman–Crippen LogP) is 1.24. The molecule has 15 heteroatoms. The Morgan fingerprint density at radius 3 is 2.47 bits per heavy atom. The Morgan fingerprint density at radius 2 is 1.74 bits per heavy atom. The molecule has 0 bridgehead atoms. The largest absolute Gasteiger partial charge is 0.382 e. The van der Waals surface area contributed by atoms with Crippen LogP contribution in [0.5, 0.6) is 0 Å². The Bertz CT molecular complexity index is 1450. The number of amides is 2. The van der Waals surface area contributed by atoms with Gasteiger partial charge in [0.25, 0.3) is 11.8 Å². The summed E-state index contributed by atoms with van der Waals surface area (Å²) in [4.78, 5) is 43.4. The highest BCUT2D eigenvalue weighted by Crippen LogP contribution is 2.28. The van der Waals surface area contributed by atoms with Crippen LogP contribution in [0.25, 0.3) is 0 Å². The van der Waals surface area contributed by atoms with Crippen LogP contribution in [0.4, 0.5) is 11.6 Å². The van der Waals surface area contributed by atoms with E-state index in [1.54, 1.807) is 12.1 Å². The zero-order chi connectivity index (χ0) is 30.1. The molecular formula is C28H37ClN10O3S. The summed E-state index contributed by atoms with van der Waals surface area (Å²) in [5, 5.41) is 5.89. The number of aliphatic imine (C=N–C) groups is 1. The topological polar surface area (TPSA) is 175 Å². The van der Waals surface area contributed by atoms with E-state index in [1.165, 1.54) is 25.9 Å². The van der Waals surface area contributed by atoms with Crippen molar-refractivity contribution in [2.45, 2.75) is 55.0 Å². The monoisotopic (exact) mass is 628 g/mol. The fourth-order valence-electron chi connectivity index (χ4n) is 6.38. The Morgan fingerprint density at radius 1 is 1.02 bits per heavy atom. The molecule has 4 aliphatic heterocycles. The molecule has 13 nitrogen and oxygen atoms in total. The minimum atomic E-state index is -1.30. The summed E-state index contributed by atoms with van der Waals surface area (Å²) in [6, 6.07) is 7.81. The molecule has 1 atom stereocenters. The lowest BCUT2D eigenvalue weighted by atomic mass is 9.88. The molecule has 1 spiro atoms. The van der Waals surface area contributed by atoms with Crippen molar-refractivity contribution in [3.63, 3.8) is 0 Å². The van der Waals surface area contributed by atoms with Crippen LogP contribution in [0.15, 0.2) is 34.2 Å². The van der Waals surface area contributed by atoms with Crippen LogP contribution in [0.2, 0.25) is 5.15 Å². The molecule has 1 unspecified atom stereocenters. The summed E-state index contributed by atoms with van der Waals surface area (Å²) < 4.78 is 15.5.